The molecule has 0 heterocycles. The number of hydrogen-bond acceptors (Lipinski definition) is 2. The Hall–Kier alpha value is 0.887. The van der Waals surface area contributed by atoms with Crippen LogP contribution < -0.4 is 18.9 Å². The van der Waals surface area contributed by atoms with Crippen molar-refractivity contribution < 1.29 is 33.6 Å². The first-order valence-corrected chi connectivity index (χ1v) is 3.10. The summed E-state index contributed by atoms with van der Waals surface area (Å²) in [6.07, 6.45) is 0. The van der Waals surface area contributed by atoms with Crippen molar-refractivity contribution in [1.82, 2.24) is 0 Å². The molecule has 0 bridgehead atoms. The van der Waals surface area contributed by atoms with E-state index in [1.807, 2.05) is 0 Å². The summed E-state index contributed by atoms with van der Waals surface area (Å²) in [5, 5.41) is 0. The van der Waals surface area contributed by atoms with E-state index in [4.69, 9.17) is 13.3 Å². The van der Waals surface area contributed by atoms with E-state index in [-0.39, 0.29) is 20.3 Å². The molecule has 6 heteroatoms. The normalized spacial score (nSPS) is 9.67. The third-order valence-corrected chi connectivity index (χ3v) is 0. The van der Waals surface area contributed by atoms with Gasteiger partial charge in [0.25, 0.3) is 9.05 Å². The summed E-state index contributed by atoms with van der Waals surface area (Å²) in [6.45, 7) is 0. The zero-order valence-corrected chi connectivity index (χ0v) is 4.75. The maximum atomic E-state index is 9.11. The third kappa shape index (κ3) is 93.8. The molecule has 0 rings (SSSR count). The molecule has 0 amide bonds. The van der Waals surface area contributed by atoms with Crippen LogP contribution in [0.15, 0.2) is 0 Å². The maximum absolute atomic E-state index is 9.11. The molecule has 3 nitrogen and oxygen atoms in total. The van der Waals surface area contributed by atoms with Crippen molar-refractivity contribution in [2.45, 2.75) is 0 Å². The Balaban J connectivity index is -0.0000000800. The number of rotatable bonds is 0. The van der Waals surface area contributed by atoms with Crippen LogP contribution in [0.25, 0.3) is 0 Å². The monoisotopic (exact) mass is 122 g/mol. The van der Waals surface area contributed by atoms with E-state index in [2.05, 4.69) is 11.2 Å². The van der Waals surface area contributed by atoms with Crippen LogP contribution in [0.2, 0.25) is 0 Å². The molecule has 0 fully saturated rings. The Morgan fingerprint density at radius 1 is 1.67 bits per heavy atom. The molecule has 0 radical (unpaired) electrons. The quantitative estimate of drug-likeness (QED) is 0.332. The zero-order chi connectivity index (χ0) is 4.50. The van der Waals surface area contributed by atoms with E-state index in [1.54, 1.807) is 0 Å². The molecule has 0 aliphatic carbocycles. The summed E-state index contributed by atoms with van der Waals surface area (Å²) in [5.41, 5.74) is 0. The van der Waals surface area contributed by atoms with Gasteiger partial charge in [0.2, 0.25) is 0 Å². The fourth-order valence-electron chi connectivity index (χ4n) is 0. The van der Waals surface area contributed by atoms with E-state index in [1.165, 1.54) is 0 Å². The third-order valence-electron chi connectivity index (χ3n) is 0. The van der Waals surface area contributed by atoms with Crippen LogP contribution in [0.4, 0.5) is 0 Å². The molecule has 34 valence electrons. The molecular weight excluding hydrogens is 119 g/mol. The topological polar surface area (TPSA) is 57.5 Å². The van der Waals surface area contributed by atoms with Crippen molar-refractivity contribution in [3.8, 4) is 0 Å². The standard InChI is InChI=1S/Li.H2O3S2.H/c;1-5(2,3)4;/h;(H2,1,2,3,4);/q+1;;-1. The van der Waals surface area contributed by atoms with Crippen LogP contribution in [0.5, 0.6) is 0 Å². The van der Waals surface area contributed by atoms with Gasteiger partial charge in [-0.15, -0.1) is 0 Å². The molecule has 0 aliphatic heterocycles. The minimum atomic E-state index is -3.83. The van der Waals surface area contributed by atoms with E-state index < -0.39 is 9.05 Å². The van der Waals surface area contributed by atoms with Crippen LogP contribution in [-0.4, -0.2) is 13.3 Å². The van der Waals surface area contributed by atoms with Gasteiger partial charge in [0.05, 0.1) is 0 Å². The van der Waals surface area contributed by atoms with Crippen LogP contribution in [-0.2, 0) is 20.2 Å². The van der Waals surface area contributed by atoms with Gasteiger partial charge < -0.3 is 1.43 Å². The second-order valence-electron chi connectivity index (χ2n) is 0.448. The van der Waals surface area contributed by atoms with Gasteiger partial charge in [0.1, 0.15) is 0 Å². The van der Waals surface area contributed by atoms with Gasteiger partial charge in [-0.3, -0.25) is 9.11 Å². The van der Waals surface area contributed by atoms with Gasteiger partial charge >= 0.3 is 18.9 Å². The van der Waals surface area contributed by atoms with E-state index >= 15 is 0 Å². The average molecular weight is 122 g/mol. The molecule has 0 saturated carbocycles. The molecule has 6 heavy (non-hydrogen) atoms. The molecule has 0 aromatic rings. The molecule has 0 spiro atoms. The van der Waals surface area contributed by atoms with E-state index in [0.29, 0.717) is 0 Å². The molecule has 0 unspecified atom stereocenters. The Bertz CT molecular complexity index is 96.1. The van der Waals surface area contributed by atoms with Crippen molar-refractivity contribution in [3.05, 3.63) is 0 Å². The summed E-state index contributed by atoms with van der Waals surface area (Å²) >= 11 is 3.47. The maximum Gasteiger partial charge on any atom is 1.00 e. The molecule has 0 aromatic heterocycles. The SMILES string of the molecule is O=S(O)(O)=S.[H-].[Li+]. The Labute approximate surface area is 54.1 Å². The van der Waals surface area contributed by atoms with E-state index in [9.17, 15) is 0 Å². The first-order chi connectivity index (χ1) is 2.00. The van der Waals surface area contributed by atoms with Crippen LogP contribution in [0.1, 0.15) is 1.43 Å². The van der Waals surface area contributed by atoms with Crippen molar-refractivity contribution in [3.63, 3.8) is 0 Å². The summed E-state index contributed by atoms with van der Waals surface area (Å²) in [4.78, 5) is 0. The van der Waals surface area contributed by atoms with Crippen molar-refractivity contribution >= 4 is 20.2 Å². The van der Waals surface area contributed by atoms with Gasteiger partial charge in [-0.2, -0.15) is 4.21 Å². The zero-order valence-electron chi connectivity index (χ0n) is 4.12. The molecule has 0 saturated heterocycles. The second-order valence-corrected chi connectivity index (χ2v) is 2.65. The minimum Gasteiger partial charge on any atom is -1.00 e. The first-order valence-electron chi connectivity index (χ1n) is 0.698. The van der Waals surface area contributed by atoms with Gasteiger partial charge in [-0.25, -0.2) is 0 Å². The summed E-state index contributed by atoms with van der Waals surface area (Å²) < 4.78 is 24.0. The largest absolute Gasteiger partial charge is 1.00 e. The predicted octanol–water partition coefficient (Wildman–Crippen LogP) is -3.20. The van der Waals surface area contributed by atoms with Gasteiger partial charge in [-0.05, 0) is 0 Å². The fraction of sp³-hybridized carbons (Fsp3) is 0. The van der Waals surface area contributed by atoms with Crippen LogP contribution in [0.3, 0.4) is 0 Å². The van der Waals surface area contributed by atoms with Crippen LogP contribution in [0, 0.1) is 0 Å². The predicted molar refractivity (Wildman–Crippen MR) is 21.9 cm³/mol. The van der Waals surface area contributed by atoms with E-state index in [0.717, 1.165) is 0 Å². The summed E-state index contributed by atoms with van der Waals surface area (Å²) in [5.74, 6) is 0. The Kier molecular flexibility index (Phi) is 4.94. The second kappa shape index (κ2) is 2.96. The molecular formula is H3LiO3S2. The summed E-state index contributed by atoms with van der Waals surface area (Å²) in [7, 11) is -3.83. The molecule has 0 atom stereocenters. The Morgan fingerprint density at radius 3 is 1.67 bits per heavy atom. The smallest absolute Gasteiger partial charge is 1.00 e. The average Bonchev–Trinajstić information content (AvgIpc) is 0.722. The minimum absolute atomic E-state index is 0. The van der Waals surface area contributed by atoms with Gasteiger partial charge in [-0.1, -0.05) is 0 Å². The number of hydrogen-bond donors (Lipinski definition) is 2. The van der Waals surface area contributed by atoms with Gasteiger partial charge in [0.15, 0.2) is 0 Å². The fourth-order valence-corrected chi connectivity index (χ4v) is 0. The summed E-state index contributed by atoms with van der Waals surface area (Å²) in [6, 6.07) is 0. The molecule has 0 aliphatic rings. The van der Waals surface area contributed by atoms with Crippen molar-refractivity contribution in [2.24, 2.45) is 0 Å². The van der Waals surface area contributed by atoms with Crippen molar-refractivity contribution in [2.75, 3.05) is 0 Å². The Morgan fingerprint density at radius 2 is 1.67 bits per heavy atom. The van der Waals surface area contributed by atoms with Gasteiger partial charge in [0, 0.05) is 11.2 Å². The molecule has 2 N–H and O–H groups in total. The van der Waals surface area contributed by atoms with Crippen molar-refractivity contribution in [1.29, 1.82) is 0 Å². The molecule has 0 aromatic carbocycles. The first kappa shape index (κ1) is 9.99. The van der Waals surface area contributed by atoms with Crippen LogP contribution >= 0.6 is 0 Å².